The van der Waals surface area contributed by atoms with Gasteiger partial charge in [0.15, 0.2) is 16.6 Å². The number of imidazole rings is 1. The summed E-state index contributed by atoms with van der Waals surface area (Å²) in [6, 6.07) is -0.556. The summed E-state index contributed by atoms with van der Waals surface area (Å²) in [5, 5.41) is 21.5. The molecule has 0 amide bonds. The fourth-order valence-corrected chi connectivity index (χ4v) is 4.73. The molecule has 0 saturated heterocycles. The largest absolute Gasteiger partial charge is 0.469 e. The van der Waals surface area contributed by atoms with Gasteiger partial charge in [-0.3, -0.25) is 4.52 Å². The van der Waals surface area contributed by atoms with Crippen molar-refractivity contribution in [1.82, 2.24) is 19.5 Å². The van der Waals surface area contributed by atoms with E-state index in [1.807, 2.05) is 0 Å². The number of anilines is 1. The van der Waals surface area contributed by atoms with Crippen LogP contribution in [-0.2, 0) is 9.09 Å². The van der Waals surface area contributed by atoms with Gasteiger partial charge >= 0.3 is 7.82 Å². The third kappa shape index (κ3) is 2.64. The number of nitrogen functional groups attached to an aromatic ring is 1. The van der Waals surface area contributed by atoms with Crippen LogP contribution in [0.2, 0.25) is 0 Å². The van der Waals surface area contributed by atoms with Gasteiger partial charge in [-0.05, 0) is 18.6 Å². The van der Waals surface area contributed by atoms with Gasteiger partial charge in [0, 0.05) is 5.41 Å². The molecule has 13 heteroatoms. The maximum absolute atomic E-state index is 11.0. The summed E-state index contributed by atoms with van der Waals surface area (Å²) in [4.78, 5) is 30.6. The molecule has 2 aliphatic carbocycles. The lowest BCUT2D eigenvalue weighted by Gasteiger charge is -2.24. The molecule has 0 unspecified atom stereocenters. The highest BCUT2D eigenvalue weighted by atomic mass is 32.2. The van der Waals surface area contributed by atoms with Crippen molar-refractivity contribution in [3.63, 3.8) is 0 Å². The van der Waals surface area contributed by atoms with E-state index in [1.54, 1.807) is 10.8 Å². The van der Waals surface area contributed by atoms with Crippen molar-refractivity contribution in [2.24, 2.45) is 11.3 Å². The Hall–Kier alpha value is -1.27. The van der Waals surface area contributed by atoms with Gasteiger partial charge in [-0.15, -0.1) is 0 Å². The number of aliphatic hydroxyl groups is 2. The van der Waals surface area contributed by atoms with Crippen molar-refractivity contribution in [3.8, 4) is 0 Å². The SMILES string of the molecule is CSc1nc(N)c2ncn([C@H]3[C@H](O)[C@H](O)[C@@]4(COP(=O)(O)O)C[C@@H]34)c2n1. The number of nitrogens with zero attached hydrogens (tertiary/aromatic N) is 4. The van der Waals surface area contributed by atoms with Crippen LogP contribution in [0.4, 0.5) is 5.82 Å². The molecular weight excluding hydrogens is 385 g/mol. The summed E-state index contributed by atoms with van der Waals surface area (Å²) in [6.07, 6.45) is 1.42. The number of phosphoric ester groups is 1. The van der Waals surface area contributed by atoms with Crippen molar-refractivity contribution in [3.05, 3.63) is 6.33 Å². The molecule has 2 saturated carbocycles. The van der Waals surface area contributed by atoms with Gasteiger partial charge in [0.2, 0.25) is 0 Å². The molecule has 2 aromatic rings. The average molecular weight is 403 g/mol. The lowest BCUT2D eigenvalue weighted by atomic mass is 10.0. The molecule has 4 rings (SSSR count). The van der Waals surface area contributed by atoms with E-state index in [0.717, 1.165) is 0 Å². The van der Waals surface area contributed by atoms with E-state index in [-0.39, 0.29) is 18.3 Å². The molecule has 2 aliphatic rings. The summed E-state index contributed by atoms with van der Waals surface area (Å²) < 4.78 is 17.3. The average Bonchev–Trinajstić information content (AvgIpc) is 3.08. The van der Waals surface area contributed by atoms with Crippen LogP contribution in [0, 0.1) is 11.3 Å². The molecule has 142 valence electrons. The standard InChI is InChI=1S/C13H18N5O6PS/c1-26-12-16-10(14)6-11(17-12)18(4-15-6)7-5-2-13(5,9(20)8(7)19)3-24-25(21,22)23/h4-5,7-9,19-20H,2-3H2,1H3,(H2,14,16,17)(H2,21,22,23)/t5-,7+,8-,9-,13+/m0/s1. The van der Waals surface area contributed by atoms with E-state index in [1.165, 1.54) is 18.1 Å². The number of rotatable bonds is 5. The normalized spacial score (nSPS) is 33.6. The van der Waals surface area contributed by atoms with Gasteiger partial charge in [-0.1, -0.05) is 11.8 Å². The zero-order valence-corrected chi connectivity index (χ0v) is 15.3. The predicted octanol–water partition coefficient (Wildman–Crippen LogP) is -0.477. The first kappa shape index (κ1) is 18.1. The number of fused-ring (bicyclic) bond motifs is 2. The second-order valence-corrected chi connectivity index (χ2v) is 8.67. The van der Waals surface area contributed by atoms with Gasteiger partial charge < -0.3 is 30.3 Å². The number of hydrogen-bond acceptors (Lipinski definition) is 9. The lowest BCUT2D eigenvalue weighted by Crippen LogP contribution is -2.35. The smallest absolute Gasteiger partial charge is 0.390 e. The highest BCUT2D eigenvalue weighted by molar-refractivity contribution is 7.98. The summed E-state index contributed by atoms with van der Waals surface area (Å²) in [5.41, 5.74) is 5.85. The van der Waals surface area contributed by atoms with Crippen LogP contribution < -0.4 is 5.73 Å². The summed E-state index contributed by atoms with van der Waals surface area (Å²) in [5.74, 6) is -0.0107. The van der Waals surface area contributed by atoms with Crippen LogP contribution in [0.5, 0.6) is 0 Å². The first-order valence-corrected chi connectivity index (χ1v) is 10.5. The maximum atomic E-state index is 11.0. The number of aromatic nitrogens is 4. The van der Waals surface area contributed by atoms with Gasteiger partial charge in [0.1, 0.15) is 11.6 Å². The van der Waals surface area contributed by atoms with Crippen LogP contribution in [-0.4, -0.2) is 64.6 Å². The number of aliphatic hydroxyl groups excluding tert-OH is 2. The van der Waals surface area contributed by atoms with Gasteiger partial charge in [0.05, 0.1) is 25.1 Å². The van der Waals surface area contributed by atoms with E-state index >= 15 is 0 Å². The van der Waals surface area contributed by atoms with Crippen molar-refractivity contribution in [2.45, 2.75) is 29.8 Å². The predicted molar refractivity (Wildman–Crippen MR) is 91.1 cm³/mol. The quantitative estimate of drug-likeness (QED) is 0.247. The van der Waals surface area contributed by atoms with E-state index in [4.69, 9.17) is 15.5 Å². The number of nitrogens with two attached hydrogens (primary N) is 1. The zero-order valence-electron chi connectivity index (χ0n) is 13.6. The first-order chi connectivity index (χ1) is 12.2. The second-order valence-electron chi connectivity index (χ2n) is 6.65. The molecule has 2 aromatic heterocycles. The first-order valence-electron chi connectivity index (χ1n) is 7.78. The minimum atomic E-state index is -4.67. The van der Waals surface area contributed by atoms with Gasteiger partial charge in [-0.2, -0.15) is 0 Å². The highest BCUT2D eigenvalue weighted by Crippen LogP contribution is 2.68. The Bertz CT molecular complexity index is 920. The monoisotopic (exact) mass is 403 g/mol. The number of thioether (sulfide) groups is 1. The third-order valence-electron chi connectivity index (χ3n) is 5.29. The Morgan fingerprint density at radius 1 is 1.46 bits per heavy atom. The zero-order chi connectivity index (χ0) is 18.9. The molecule has 2 heterocycles. The maximum Gasteiger partial charge on any atom is 0.469 e. The van der Waals surface area contributed by atoms with Crippen LogP contribution in [0.1, 0.15) is 12.5 Å². The number of phosphoric acid groups is 1. The van der Waals surface area contributed by atoms with E-state index in [9.17, 15) is 14.8 Å². The van der Waals surface area contributed by atoms with Crippen molar-refractivity contribution in [1.29, 1.82) is 0 Å². The lowest BCUT2D eigenvalue weighted by molar-refractivity contribution is -0.0297. The summed E-state index contributed by atoms with van der Waals surface area (Å²) in [6.45, 7) is -0.337. The summed E-state index contributed by atoms with van der Waals surface area (Å²) >= 11 is 1.31. The molecule has 0 spiro atoms. The second kappa shape index (κ2) is 5.86. The van der Waals surface area contributed by atoms with E-state index in [2.05, 4.69) is 19.5 Å². The van der Waals surface area contributed by atoms with E-state index in [0.29, 0.717) is 22.7 Å². The topological polar surface area (TPSA) is 177 Å². The third-order valence-corrected chi connectivity index (χ3v) is 6.30. The Kier molecular flexibility index (Phi) is 4.08. The molecule has 0 bridgehead atoms. The van der Waals surface area contributed by atoms with Gasteiger partial charge in [0.25, 0.3) is 0 Å². The van der Waals surface area contributed by atoms with Crippen molar-refractivity contribution in [2.75, 3.05) is 18.6 Å². The minimum Gasteiger partial charge on any atom is -0.390 e. The van der Waals surface area contributed by atoms with Crippen LogP contribution in [0.15, 0.2) is 11.5 Å². The molecule has 26 heavy (non-hydrogen) atoms. The van der Waals surface area contributed by atoms with Gasteiger partial charge in [-0.25, -0.2) is 19.5 Å². The minimum absolute atomic E-state index is 0.220. The molecule has 11 nitrogen and oxygen atoms in total. The van der Waals surface area contributed by atoms with Crippen LogP contribution in [0.3, 0.4) is 0 Å². The molecule has 5 atom stereocenters. The summed E-state index contributed by atoms with van der Waals surface area (Å²) in [7, 11) is -4.67. The highest BCUT2D eigenvalue weighted by Gasteiger charge is 2.72. The fraction of sp³-hybridized carbons (Fsp3) is 0.615. The molecular formula is C13H18N5O6PS. The fourth-order valence-electron chi connectivity index (χ4n) is 3.96. The molecule has 0 radical (unpaired) electrons. The van der Waals surface area contributed by atoms with Crippen LogP contribution in [0.25, 0.3) is 11.2 Å². The Balaban J connectivity index is 1.70. The Morgan fingerprint density at radius 3 is 2.85 bits per heavy atom. The van der Waals surface area contributed by atoms with Crippen molar-refractivity contribution < 1.29 is 29.1 Å². The molecule has 6 N–H and O–H groups in total. The van der Waals surface area contributed by atoms with Crippen molar-refractivity contribution >= 4 is 36.6 Å². The number of hydrogen-bond donors (Lipinski definition) is 5. The molecule has 0 aliphatic heterocycles. The Morgan fingerprint density at radius 2 is 2.19 bits per heavy atom. The van der Waals surface area contributed by atoms with Crippen LogP contribution >= 0.6 is 19.6 Å². The molecule has 2 fully saturated rings. The Labute approximate surface area is 151 Å². The van der Waals surface area contributed by atoms with E-state index < -0.39 is 31.5 Å². The molecule has 0 aromatic carbocycles.